The average Bonchev–Trinajstić information content (AvgIpc) is 2.93. The predicted molar refractivity (Wildman–Crippen MR) is 147 cm³/mol. The lowest BCUT2D eigenvalue weighted by Gasteiger charge is -2.34. The van der Waals surface area contributed by atoms with E-state index < -0.39 is 5.41 Å². The van der Waals surface area contributed by atoms with Crippen molar-refractivity contribution in [1.29, 1.82) is 0 Å². The second kappa shape index (κ2) is 12.9. The molecule has 194 valence electrons. The van der Waals surface area contributed by atoms with Crippen molar-refractivity contribution in [3.8, 4) is 11.5 Å². The first kappa shape index (κ1) is 27.8. The van der Waals surface area contributed by atoms with E-state index in [1.807, 2.05) is 0 Å². The standard InChI is InChI=1S/C32H42O4/c1-6-23(3)28-21-26(13-15-30(28)35-19-17-33)32(5,25-11-9-8-10-12-25)27-14-16-31(36-20-18-34)29(22-27)24(4)7-2/h8-16,21-24,33-34H,6-7,17-20H2,1-5H3. The maximum Gasteiger partial charge on any atom is 0.122 e. The summed E-state index contributed by atoms with van der Waals surface area (Å²) in [5.74, 6) is 2.32. The maximum absolute atomic E-state index is 9.31. The zero-order valence-electron chi connectivity index (χ0n) is 22.5. The summed E-state index contributed by atoms with van der Waals surface area (Å²) in [6.45, 7) is 11.7. The molecule has 4 heteroatoms. The van der Waals surface area contributed by atoms with Crippen LogP contribution in [0.15, 0.2) is 66.7 Å². The minimum absolute atomic E-state index is 0.00742. The predicted octanol–water partition coefficient (Wildman–Crippen LogP) is 6.81. The second-order valence-corrected chi connectivity index (χ2v) is 9.76. The third-order valence-corrected chi connectivity index (χ3v) is 7.51. The molecule has 2 atom stereocenters. The summed E-state index contributed by atoms with van der Waals surface area (Å²) in [6, 6.07) is 23.6. The molecule has 2 N–H and O–H groups in total. The largest absolute Gasteiger partial charge is 0.491 e. The summed E-state index contributed by atoms with van der Waals surface area (Å²) in [6.07, 6.45) is 1.99. The van der Waals surface area contributed by atoms with Crippen LogP contribution in [0.3, 0.4) is 0 Å². The molecule has 36 heavy (non-hydrogen) atoms. The van der Waals surface area contributed by atoms with Gasteiger partial charge in [0.15, 0.2) is 0 Å². The van der Waals surface area contributed by atoms with E-state index >= 15 is 0 Å². The van der Waals surface area contributed by atoms with E-state index in [0.29, 0.717) is 11.8 Å². The van der Waals surface area contributed by atoms with Gasteiger partial charge in [-0.1, -0.05) is 82.3 Å². The minimum Gasteiger partial charge on any atom is -0.491 e. The van der Waals surface area contributed by atoms with E-state index in [4.69, 9.17) is 9.47 Å². The molecule has 0 saturated heterocycles. The highest BCUT2D eigenvalue weighted by Crippen LogP contribution is 2.44. The number of aliphatic hydroxyl groups is 2. The first-order valence-corrected chi connectivity index (χ1v) is 13.2. The molecular formula is C32H42O4. The van der Waals surface area contributed by atoms with Gasteiger partial charge in [0.2, 0.25) is 0 Å². The zero-order valence-corrected chi connectivity index (χ0v) is 22.5. The Hall–Kier alpha value is -2.82. The highest BCUT2D eigenvalue weighted by Gasteiger charge is 2.33. The molecular weight excluding hydrogens is 448 g/mol. The average molecular weight is 491 g/mol. The first-order chi connectivity index (χ1) is 17.4. The Labute approximate surface area is 216 Å². The lowest BCUT2D eigenvalue weighted by molar-refractivity contribution is 0.199. The van der Waals surface area contributed by atoms with Gasteiger partial charge in [0, 0.05) is 5.41 Å². The number of rotatable bonds is 13. The van der Waals surface area contributed by atoms with Gasteiger partial charge in [-0.15, -0.1) is 0 Å². The Morgan fingerprint density at radius 2 is 1.11 bits per heavy atom. The van der Waals surface area contributed by atoms with Gasteiger partial charge in [0.25, 0.3) is 0 Å². The molecule has 0 saturated carbocycles. The van der Waals surface area contributed by atoms with Crippen molar-refractivity contribution < 1.29 is 19.7 Å². The van der Waals surface area contributed by atoms with E-state index in [0.717, 1.165) is 35.5 Å². The lowest BCUT2D eigenvalue weighted by atomic mass is 9.69. The molecule has 3 rings (SSSR count). The van der Waals surface area contributed by atoms with Crippen LogP contribution in [-0.4, -0.2) is 36.6 Å². The molecule has 0 amide bonds. The fraction of sp³-hybridized carbons (Fsp3) is 0.438. The summed E-state index contributed by atoms with van der Waals surface area (Å²) in [4.78, 5) is 0. The molecule has 0 heterocycles. The molecule has 0 aliphatic heterocycles. The van der Waals surface area contributed by atoms with Crippen molar-refractivity contribution in [2.24, 2.45) is 0 Å². The van der Waals surface area contributed by atoms with Gasteiger partial charge in [0.1, 0.15) is 24.7 Å². The maximum atomic E-state index is 9.31. The molecule has 4 nitrogen and oxygen atoms in total. The molecule has 3 aromatic rings. The highest BCUT2D eigenvalue weighted by molar-refractivity contribution is 5.55. The van der Waals surface area contributed by atoms with E-state index in [9.17, 15) is 10.2 Å². The van der Waals surface area contributed by atoms with Crippen LogP contribution in [0.4, 0.5) is 0 Å². The van der Waals surface area contributed by atoms with Gasteiger partial charge in [0.05, 0.1) is 13.2 Å². The molecule has 3 aromatic carbocycles. The second-order valence-electron chi connectivity index (χ2n) is 9.76. The summed E-state index contributed by atoms with van der Waals surface area (Å²) in [7, 11) is 0. The van der Waals surface area contributed by atoms with Crippen molar-refractivity contribution in [2.75, 3.05) is 26.4 Å². The number of ether oxygens (including phenoxy) is 2. The molecule has 2 unspecified atom stereocenters. The number of benzene rings is 3. The molecule has 0 radical (unpaired) electrons. The smallest absolute Gasteiger partial charge is 0.122 e. The Balaban J connectivity index is 2.24. The summed E-state index contributed by atoms with van der Waals surface area (Å²) < 4.78 is 11.8. The van der Waals surface area contributed by atoms with Crippen LogP contribution in [0.1, 0.15) is 87.1 Å². The fourth-order valence-electron chi connectivity index (χ4n) is 4.77. The Morgan fingerprint density at radius 3 is 1.50 bits per heavy atom. The quantitative estimate of drug-likeness (QED) is 0.258. The van der Waals surface area contributed by atoms with Crippen LogP contribution < -0.4 is 9.47 Å². The molecule has 0 aliphatic carbocycles. The topological polar surface area (TPSA) is 58.9 Å². The van der Waals surface area contributed by atoms with Gasteiger partial charge in [-0.25, -0.2) is 0 Å². The third kappa shape index (κ3) is 5.93. The fourth-order valence-corrected chi connectivity index (χ4v) is 4.77. The Morgan fingerprint density at radius 1 is 0.667 bits per heavy atom. The minimum atomic E-state index is -0.406. The van der Waals surface area contributed by atoms with Crippen LogP contribution in [0, 0.1) is 0 Å². The summed E-state index contributed by atoms with van der Waals surface area (Å²) >= 11 is 0. The van der Waals surface area contributed by atoms with Crippen molar-refractivity contribution in [3.05, 3.63) is 94.5 Å². The van der Waals surface area contributed by atoms with Crippen molar-refractivity contribution in [3.63, 3.8) is 0 Å². The van der Waals surface area contributed by atoms with Gasteiger partial charge < -0.3 is 19.7 Å². The molecule has 0 spiro atoms. The van der Waals surface area contributed by atoms with Gasteiger partial charge >= 0.3 is 0 Å². The van der Waals surface area contributed by atoms with Crippen molar-refractivity contribution in [2.45, 2.75) is 64.7 Å². The summed E-state index contributed by atoms with van der Waals surface area (Å²) in [5, 5.41) is 18.6. The van der Waals surface area contributed by atoms with Gasteiger partial charge in [-0.05, 0) is 71.6 Å². The molecule has 0 bridgehead atoms. The van der Waals surface area contributed by atoms with E-state index in [1.54, 1.807) is 0 Å². The van der Waals surface area contributed by atoms with Crippen LogP contribution in [0.25, 0.3) is 0 Å². The SMILES string of the molecule is CCC(C)c1cc(C(C)(c2ccccc2)c2ccc(OCCO)c(C(C)CC)c2)ccc1OCCO. The van der Waals surface area contributed by atoms with Gasteiger partial charge in [-0.2, -0.15) is 0 Å². The van der Waals surface area contributed by atoms with Crippen LogP contribution >= 0.6 is 0 Å². The first-order valence-electron chi connectivity index (χ1n) is 13.2. The molecule has 0 aliphatic rings. The van der Waals surface area contributed by atoms with Crippen molar-refractivity contribution in [1.82, 2.24) is 0 Å². The van der Waals surface area contributed by atoms with Crippen LogP contribution in [0.5, 0.6) is 11.5 Å². The Kier molecular flexibility index (Phi) is 9.98. The van der Waals surface area contributed by atoms with E-state index in [1.165, 1.54) is 16.7 Å². The zero-order chi connectivity index (χ0) is 26.1. The summed E-state index contributed by atoms with van der Waals surface area (Å²) in [5.41, 5.74) is 5.52. The van der Waals surface area contributed by atoms with Crippen molar-refractivity contribution >= 4 is 0 Å². The monoisotopic (exact) mass is 490 g/mol. The third-order valence-electron chi connectivity index (χ3n) is 7.51. The van der Waals surface area contributed by atoms with Crippen LogP contribution in [-0.2, 0) is 5.41 Å². The number of hydrogen-bond donors (Lipinski definition) is 2. The molecule has 0 fully saturated rings. The van der Waals surface area contributed by atoms with Gasteiger partial charge in [-0.3, -0.25) is 0 Å². The van der Waals surface area contributed by atoms with E-state index in [2.05, 4.69) is 101 Å². The lowest BCUT2D eigenvalue weighted by Crippen LogP contribution is -2.26. The van der Waals surface area contributed by atoms with Crippen LogP contribution in [0.2, 0.25) is 0 Å². The number of hydrogen-bond acceptors (Lipinski definition) is 4. The Bertz CT molecular complexity index is 1030. The van der Waals surface area contributed by atoms with E-state index in [-0.39, 0.29) is 26.4 Å². The number of aliphatic hydroxyl groups excluding tert-OH is 2. The normalized spacial score (nSPS) is 14.6. The highest BCUT2D eigenvalue weighted by atomic mass is 16.5. The molecule has 0 aromatic heterocycles.